The summed E-state index contributed by atoms with van der Waals surface area (Å²) in [6, 6.07) is 9.50. The molecule has 1 aromatic heterocycles. The molecular weight excluding hydrogens is 393 g/mol. The Morgan fingerprint density at radius 3 is 2.38 bits per heavy atom. The molecular formula is C22H26FNO4S. The number of aryl methyl sites for hydroxylation is 1. The Labute approximate surface area is 174 Å². The summed E-state index contributed by atoms with van der Waals surface area (Å²) in [5, 5.41) is 2.78. The number of hydrogen-bond donors (Lipinski definition) is 1. The van der Waals surface area contributed by atoms with E-state index in [1.54, 1.807) is 18.2 Å². The van der Waals surface area contributed by atoms with Gasteiger partial charge in [0.2, 0.25) is 5.91 Å². The number of ketones is 2. The molecule has 2 aromatic rings. The van der Waals surface area contributed by atoms with Gasteiger partial charge in [0.05, 0.1) is 11.5 Å². The van der Waals surface area contributed by atoms with Crippen LogP contribution in [0.1, 0.15) is 53.1 Å². The molecule has 0 bridgehead atoms. The second kappa shape index (κ2) is 12.1. The van der Waals surface area contributed by atoms with Gasteiger partial charge in [-0.2, -0.15) is 0 Å². The van der Waals surface area contributed by atoms with Gasteiger partial charge in [0, 0.05) is 37.1 Å². The average Bonchev–Trinajstić information content (AvgIpc) is 3.15. The number of ether oxygens (including phenoxy) is 1. The van der Waals surface area contributed by atoms with Crippen LogP contribution in [0.5, 0.6) is 5.75 Å². The maximum absolute atomic E-state index is 12.8. The second-order valence-corrected chi connectivity index (χ2v) is 8.02. The van der Waals surface area contributed by atoms with Crippen LogP contribution in [0.25, 0.3) is 0 Å². The molecule has 0 radical (unpaired) electrons. The van der Waals surface area contributed by atoms with Gasteiger partial charge in [0.1, 0.15) is 17.3 Å². The molecule has 1 N–H and O–H groups in total. The highest BCUT2D eigenvalue weighted by Gasteiger charge is 2.12. The van der Waals surface area contributed by atoms with E-state index in [4.69, 9.17) is 4.74 Å². The average molecular weight is 420 g/mol. The fourth-order valence-corrected chi connectivity index (χ4v) is 3.44. The highest BCUT2D eigenvalue weighted by Crippen LogP contribution is 2.17. The van der Waals surface area contributed by atoms with Crippen molar-refractivity contribution in [3.8, 4) is 5.75 Å². The summed E-state index contributed by atoms with van der Waals surface area (Å²) in [5.74, 6) is 0.0422. The van der Waals surface area contributed by atoms with Crippen molar-refractivity contribution >= 4 is 28.8 Å². The fourth-order valence-electron chi connectivity index (χ4n) is 2.60. The Hall–Kier alpha value is -2.54. The number of halogens is 1. The zero-order valence-electron chi connectivity index (χ0n) is 16.5. The lowest BCUT2D eigenvalue weighted by molar-refractivity contribution is -0.125. The van der Waals surface area contributed by atoms with Gasteiger partial charge in [-0.15, -0.1) is 11.3 Å². The lowest BCUT2D eigenvalue weighted by Crippen LogP contribution is -2.25. The summed E-state index contributed by atoms with van der Waals surface area (Å²) in [6.07, 6.45) is 2.14. The Morgan fingerprint density at radius 1 is 0.966 bits per heavy atom. The van der Waals surface area contributed by atoms with Crippen molar-refractivity contribution in [2.45, 2.75) is 45.4 Å². The maximum atomic E-state index is 12.8. The standard InChI is InChI=1S/C22H26FNO4S/c1-16-4-12-21(29-16)20(26)11-7-18(25)8-13-22(27)24-14-2-3-15-28-19-9-5-17(23)6-10-19/h4-6,9-10,12H,2-3,7-8,11,13-15H2,1H3,(H,24,27). The largest absolute Gasteiger partial charge is 0.494 e. The van der Waals surface area contributed by atoms with E-state index < -0.39 is 0 Å². The predicted molar refractivity (Wildman–Crippen MR) is 111 cm³/mol. The van der Waals surface area contributed by atoms with Crippen molar-refractivity contribution < 1.29 is 23.5 Å². The third kappa shape index (κ3) is 9.00. The minimum Gasteiger partial charge on any atom is -0.494 e. The molecule has 0 aliphatic heterocycles. The van der Waals surface area contributed by atoms with Gasteiger partial charge < -0.3 is 10.1 Å². The van der Waals surface area contributed by atoms with E-state index in [9.17, 15) is 18.8 Å². The predicted octanol–water partition coefficient (Wildman–Crippen LogP) is 4.48. The lowest BCUT2D eigenvalue weighted by atomic mass is 10.1. The first-order valence-corrected chi connectivity index (χ1v) is 10.5. The van der Waals surface area contributed by atoms with E-state index in [1.807, 2.05) is 13.0 Å². The number of benzene rings is 1. The first kappa shape index (κ1) is 22.7. The van der Waals surface area contributed by atoms with E-state index in [0.717, 1.165) is 17.7 Å². The summed E-state index contributed by atoms with van der Waals surface area (Å²) in [5.41, 5.74) is 0. The van der Waals surface area contributed by atoms with Crippen molar-refractivity contribution in [3.63, 3.8) is 0 Å². The monoisotopic (exact) mass is 419 g/mol. The Bertz CT molecular complexity index is 816. The van der Waals surface area contributed by atoms with Crippen LogP contribution in [-0.2, 0) is 9.59 Å². The zero-order chi connectivity index (χ0) is 21.1. The summed E-state index contributed by atoms with van der Waals surface area (Å²) in [6.45, 7) is 2.93. The smallest absolute Gasteiger partial charge is 0.220 e. The number of nitrogens with one attached hydrogen (secondary N) is 1. The Kier molecular flexibility index (Phi) is 9.50. The van der Waals surface area contributed by atoms with Crippen molar-refractivity contribution in [1.29, 1.82) is 0 Å². The van der Waals surface area contributed by atoms with Gasteiger partial charge in [0.25, 0.3) is 0 Å². The molecule has 1 heterocycles. The van der Waals surface area contributed by atoms with Crippen LogP contribution in [0.2, 0.25) is 0 Å². The topological polar surface area (TPSA) is 72.5 Å². The van der Waals surface area contributed by atoms with Crippen LogP contribution in [0.4, 0.5) is 4.39 Å². The van der Waals surface area contributed by atoms with Gasteiger partial charge in [-0.1, -0.05) is 0 Å². The maximum Gasteiger partial charge on any atom is 0.220 e. The summed E-state index contributed by atoms with van der Waals surface area (Å²) in [7, 11) is 0. The fraction of sp³-hybridized carbons (Fsp3) is 0.409. The van der Waals surface area contributed by atoms with Crippen LogP contribution in [0.3, 0.4) is 0 Å². The van der Waals surface area contributed by atoms with Crippen LogP contribution in [0, 0.1) is 12.7 Å². The normalized spacial score (nSPS) is 10.6. The van der Waals surface area contributed by atoms with E-state index in [1.165, 1.54) is 23.5 Å². The summed E-state index contributed by atoms with van der Waals surface area (Å²) in [4.78, 5) is 37.4. The number of rotatable bonds is 13. The van der Waals surface area contributed by atoms with Crippen molar-refractivity contribution in [1.82, 2.24) is 5.32 Å². The number of amides is 1. The number of Topliss-reactive ketones (excluding diaryl/α,β-unsaturated/α-hetero) is 2. The number of carbonyl (C=O) groups is 3. The second-order valence-electron chi connectivity index (χ2n) is 6.73. The third-order valence-electron chi connectivity index (χ3n) is 4.25. The van der Waals surface area contributed by atoms with Crippen LogP contribution in [-0.4, -0.2) is 30.6 Å². The van der Waals surface area contributed by atoms with Crippen molar-refractivity contribution in [2.24, 2.45) is 0 Å². The van der Waals surface area contributed by atoms with E-state index in [2.05, 4.69) is 5.32 Å². The molecule has 7 heteroatoms. The van der Waals surface area contributed by atoms with Gasteiger partial charge in [-0.3, -0.25) is 14.4 Å². The number of hydrogen-bond acceptors (Lipinski definition) is 5. The van der Waals surface area contributed by atoms with Gasteiger partial charge >= 0.3 is 0 Å². The molecule has 0 saturated heterocycles. The van der Waals surface area contributed by atoms with E-state index in [0.29, 0.717) is 23.8 Å². The van der Waals surface area contributed by atoms with Crippen LogP contribution >= 0.6 is 11.3 Å². The number of unbranched alkanes of at least 4 members (excludes halogenated alkanes) is 1. The molecule has 29 heavy (non-hydrogen) atoms. The first-order chi connectivity index (χ1) is 13.9. The molecule has 0 atom stereocenters. The summed E-state index contributed by atoms with van der Waals surface area (Å²) < 4.78 is 18.3. The van der Waals surface area contributed by atoms with Gasteiger partial charge in [-0.05, 0) is 56.2 Å². The highest BCUT2D eigenvalue weighted by molar-refractivity contribution is 7.14. The van der Waals surface area contributed by atoms with Crippen LogP contribution < -0.4 is 10.1 Å². The van der Waals surface area contributed by atoms with Crippen molar-refractivity contribution in [2.75, 3.05) is 13.2 Å². The van der Waals surface area contributed by atoms with Gasteiger partial charge in [0.15, 0.2) is 5.78 Å². The molecule has 0 spiro atoms. The van der Waals surface area contributed by atoms with Crippen molar-refractivity contribution in [3.05, 3.63) is 52.0 Å². The molecule has 5 nitrogen and oxygen atoms in total. The minimum absolute atomic E-state index is 0.0243. The quantitative estimate of drug-likeness (QED) is 0.384. The molecule has 0 unspecified atom stereocenters. The summed E-state index contributed by atoms with van der Waals surface area (Å²) >= 11 is 1.43. The van der Waals surface area contributed by atoms with E-state index in [-0.39, 0.29) is 49.0 Å². The SMILES string of the molecule is Cc1ccc(C(=O)CCC(=O)CCC(=O)NCCCCOc2ccc(F)cc2)s1. The van der Waals surface area contributed by atoms with E-state index >= 15 is 0 Å². The molecule has 0 fully saturated rings. The lowest BCUT2D eigenvalue weighted by Gasteiger charge is -2.07. The Balaban J connectivity index is 1.49. The molecule has 2 rings (SSSR count). The van der Waals surface area contributed by atoms with Gasteiger partial charge in [-0.25, -0.2) is 4.39 Å². The van der Waals surface area contributed by atoms with Crippen LogP contribution in [0.15, 0.2) is 36.4 Å². The Morgan fingerprint density at radius 2 is 1.69 bits per heavy atom. The highest BCUT2D eigenvalue weighted by atomic mass is 32.1. The first-order valence-electron chi connectivity index (χ1n) is 9.70. The molecule has 156 valence electrons. The molecule has 1 amide bonds. The third-order valence-corrected chi connectivity index (χ3v) is 5.29. The zero-order valence-corrected chi connectivity index (χ0v) is 17.4. The number of thiophene rings is 1. The molecule has 0 aliphatic carbocycles. The molecule has 0 aliphatic rings. The number of carbonyl (C=O) groups excluding carboxylic acids is 3. The molecule has 0 saturated carbocycles. The minimum atomic E-state index is -0.303. The molecule has 1 aromatic carbocycles.